The van der Waals surface area contributed by atoms with Crippen LogP contribution >= 0.6 is 12.4 Å². The first kappa shape index (κ1) is 13.1. The van der Waals surface area contributed by atoms with Crippen molar-refractivity contribution in [3.8, 4) is 18.0 Å². The maximum Gasteiger partial charge on any atom is 0.0829 e. The van der Waals surface area contributed by atoms with E-state index in [0.29, 0.717) is 6.54 Å². The van der Waals surface area contributed by atoms with Gasteiger partial charge in [-0.2, -0.15) is 5.10 Å². The van der Waals surface area contributed by atoms with Crippen LogP contribution in [-0.4, -0.2) is 21.3 Å². The van der Waals surface area contributed by atoms with Crippen molar-refractivity contribution in [2.75, 3.05) is 11.9 Å². The molecule has 0 atom stereocenters. The fourth-order valence-electron chi connectivity index (χ4n) is 1.40. The van der Waals surface area contributed by atoms with E-state index < -0.39 is 0 Å². The van der Waals surface area contributed by atoms with Crippen LogP contribution in [0.15, 0.2) is 30.7 Å². The second-order valence-corrected chi connectivity index (χ2v) is 3.34. The van der Waals surface area contributed by atoms with E-state index in [4.69, 9.17) is 6.42 Å². The minimum absolute atomic E-state index is 0. The summed E-state index contributed by atoms with van der Waals surface area (Å²) in [5.74, 6) is 2.53. The summed E-state index contributed by atoms with van der Waals surface area (Å²) in [7, 11) is 0. The number of halogens is 1. The zero-order chi connectivity index (χ0) is 11.4. The Kier molecular flexibility index (Phi) is 4.56. The van der Waals surface area contributed by atoms with Crippen LogP contribution in [0.3, 0.4) is 0 Å². The first-order valence-electron chi connectivity index (χ1n) is 4.95. The number of anilines is 1. The molecule has 0 unspecified atom stereocenters. The van der Waals surface area contributed by atoms with Crippen molar-refractivity contribution in [3.05, 3.63) is 36.4 Å². The number of rotatable bonds is 3. The molecule has 2 aromatic heterocycles. The van der Waals surface area contributed by atoms with Crippen LogP contribution in [-0.2, 0) is 0 Å². The van der Waals surface area contributed by atoms with E-state index in [1.807, 2.05) is 25.3 Å². The normalized spacial score (nSPS) is 9.18. The molecule has 5 heteroatoms. The highest BCUT2D eigenvalue weighted by Crippen LogP contribution is 2.15. The molecule has 0 amide bonds. The predicted octanol–water partition coefficient (Wildman–Crippen LogP) is 2.04. The third kappa shape index (κ3) is 2.99. The molecule has 0 aliphatic heterocycles. The lowest BCUT2D eigenvalue weighted by Gasteiger charge is -1.98. The standard InChI is InChI=1S/C12H12N4.ClH/c1-3-6-14-12-9-16(15-10(12)2)11-5-4-7-13-8-11;/h1,4-5,7-9,14H,6H2,2H3;1H. The summed E-state index contributed by atoms with van der Waals surface area (Å²) in [6.07, 6.45) is 10.6. The lowest BCUT2D eigenvalue weighted by Crippen LogP contribution is -1.98. The molecule has 2 heterocycles. The van der Waals surface area contributed by atoms with Crippen molar-refractivity contribution >= 4 is 18.1 Å². The van der Waals surface area contributed by atoms with Gasteiger partial charge in [-0.25, -0.2) is 4.68 Å². The number of hydrogen-bond donors (Lipinski definition) is 1. The lowest BCUT2D eigenvalue weighted by molar-refractivity contribution is 0.857. The molecule has 17 heavy (non-hydrogen) atoms. The predicted molar refractivity (Wildman–Crippen MR) is 70.7 cm³/mol. The van der Waals surface area contributed by atoms with Crippen LogP contribution in [0.5, 0.6) is 0 Å². The van der Waals surface area contributed by atoms with Gasteiger partial charge in [0.05, 0.1) is 36.0 Å². The molecule has 0 aliphatic rings. The molecule has 0 bridgehead atoms. The van der Waals surface area contributed by atoms with Gasteiger partial charge in [0, 0.05) is 6.20 Å². The van der Waals surface area contributed by atoms with Gasteiger partial charge in [-0.05, 0) is 19.1 Å². The van der Waals surface area contributed by atoms with Gasteiger partial charge in [0.2, 0.25) is 0 Å². The number of aromatic nitrogens is 3. The monoisotopic (exact) mass is 248 g/mol. The minimum atomic E-state index is 0. The molecule has 0 spiro atoms. The van der Waals surface area contributed by atoms with E-state index in [9.17, 15) is 0 Å². The second kappa shape index (κ2) is 5.92. The molecular weight excluding hydrogens is 236 g/mol. The maximum atomic E-state index is 5.19. The summed E-state index contributed by atoms with van der Waals surface area (Å²) in [5.41, 5.74) is 2.79. The molecule has 0 aliphatic carbocycles. The van der Waals surface area contributed by atoms with E-state index in [0.717, 1.165) is 17.1 Å². The summed E-state index contributed by atoms with van der Waals surface area (Å²) in [4.78, 5) is 4.05. The summed E-state index contributed by atoms with van der Waals surface area (Å²) in [6.45, 7) is 2.44. The molecule has 1 N–H and O–H groups in total. The Morgan fingerprint density at radius 3 is 3.00 bits per heavy atom. The van der Waals surface area contributed by atoms with Crippen LogP contribution in [0.25, 0.3) is 5.69 Å². The summed E-state index contributed by atoms with van der Waals surface area (Å²) in [5, 5.41) is 7.49. The number of aryl methyl sites for hydroxylation is 1. The highest BCUT2D eigenvalue weighted by atomic mass is 35.5. The zero-order valence-electron chi connectivity index (χ0n) is 9.42. The molecule has 4 nitrogen and oxygen atoms in total. The molecule has 0 saturated heterocycles. The van der Waals surface area contributed by atoms with Crippen molar-refractivity contribution in [3.63, 3.8) is 0 Å². The van der Waals surface area contributed by atoms with Crippen molar-refractivity contribution < 1.29 is 0 Å². The Bertz CT molecular complexity index is 513. The fourth-order valence-corrected chi connectivity index (χ4v) is 1.40. The van der Waals surface area contributed by atoms with Crippen LogP contribution in [0.1, 0.15) is 5.69 Å². The fraction of sp³-hybridized carbons (Fsp3) is 0.167. The third-order valence-electron chi connectivity index (χ3n) is 2.19. The Labute approximate surface area is 106 Å². The number of terminal acetylenes is 1. The Morgan fingerprint density at radius 2 is 2.35 bits per heavy atom. The highest BCUT2D eigenvalue weighted by Gasteiger charge is 2.04. The van der Waals surface area contributed by atoms with Gasteiger partial charge in [-0.15, -0.1) is 18.8 Å². The first-order chi connectivity index (χ1) is 7.81. The van der Waals surface area contributed by atoms with Crippen LogP contribution in [0, 0.1) is 19.3 Å². The van der Waals surface area contributed by atoms with E-state index in [1.165, 1.54) is 0 Å². The smallest absolute Gasteiger partial charge is 0.0829 e. The van der Waals surface area contributed by atoms with E-state index in [1.54, 1.807) is 17.1 Å². The van der Waals surface area contributed by atoms with Gasteiger partial charge in [-0.3, -0.25) is 4.98 Å². The number of nitrogens with one attached hydrogen (secondary N) is 1. The Hall–Kier alpha value is -1.99. The topological polar surface area (TPSA) is 42.7 Å². The SMILES string of the molecule is C#CCNc1cn(-c2cccnc2)nc1C.Cl. The summed E-state index contributed by atoms with van der Waals surface area (Å²) in [6, 6.07) is 3.82. The highest BCUT2D eigenvalue weighted by molar-refractivity contribution is 5.85. The van der Waals surface area contributed by atoms with Gasteiger partial charge >= 0.3 is 0 Å². The molecule has 88 valence electrons. The van der Waals surface area contributed by atoms with Crippen molar-refractivity contribution in [1.82, 2.24) is 14.8 Å². The molecule has 2 aromatic rings. The molecule has 0 saturated carbocycles. The molecule has 2 rings (SSSR count). The van der Waals surface area contributed by atoms with Crippen molar-refractivity contribution in [2.24, 2.45) is 0 Å². The largest absolute Gasteiger partial charge is 0.371 e. The number of pyridine rings is 1. The summed E-state index contributed by atoms with van der Waals surface area (Å²) >= 11 is 0. The van der Waals surface area contributed by atoms with Gasteiger partial charge in [-0.1, -0.05) is 5.92 Å². The molecule has 0 fully saturated rings. The molecule has 0 aromatic carbocycles. The van der Waals surface area contributed by atoms with Crippen molar-refractivity contribution in [1.29, 1.82) is 0 Å². The number of nitrogens with zero attached hydrogens (tertiary/aromatic N) is 3. The second-order valence-electron chi connectivity index (χ2n) is 3.34. The Morgan fingerprint density at radius 1 is 1.53 bits per heavy atom. The van der Waals surface area contributed by atoms with E-state index in [-0.39, 0.29) is 12.4 Å². The average molecular weight is 249 g/mol. The maximum absolute atomic E-state index is 5.19. The average Bonchev–Trinajstić information content (AvgIpc) is 2.69. The zero-order valence-corrected chi connectivity index (χ0v) is 10.2. The van der Waals surface area contributed by atoms with E-state index >= 15 is 0 Å². The quantitative estimate of drug-likeness (QED) is 0.846. The third-order valence-corrected chi connectivity index (χ3v) is 2.19. The first-order valence-corrected chi connectivity index (χ1v) is 4.95. The van der Waals surface area contributed by atoms with Gasteiger partial charge < -0.3 is 5.32 Å². The van der Waals surface area contributed by atoms with Crippen LogP contribution in [0.4, 0.5) is 5.69 Å². The van der Waals surface area contributed by atoms with Crippen LogP contribution in [0.2, 0.25) is 0 Å². The number of hydrogen-bond acceptors (Lipinski definition) is 3. The minimum Gasteiger partial charge on any atom is -0.371 e. The lowest BCUT2D eigenvalue weighted by atomic mass is 10.4. The molecule has 0 radical (unpaired) electrons. The van der Waals surface area contributed by atoms with Crippen molar-refractivity contribution in [2.45, 2.75) is 6.92 Å². The van der Waals surface area contributed by atoms with Gasteiger partial charge in [0.25, 0.3) is 0 Å². The summed E-state index contributed by atoms with van der Waals surface area (Å²) < 4.78 is 1.78. The van der Waals surface area contributed by atoms with Gasteiger partial charge in [0.15, 0.2) is 0 Å². The molecular formula is C12H13ClN4. The Balaban J connectivity index is 0.00000144. The van der Waals surface area contributed by atoms with Crippen LogP contribution < -0.4 is 5.32 Å². The van der Waals surface area contributed by atoms with Gasteiger partial charge in [0.1, 0.15) is 0 Å². The van der Waals surface area contributed by atoms with E-state index in [2.05, 4.69) is 21.3 Å².